The maximum atomic E-state index is 5.55. The van der Waals surface area contributed by atoms with E-state index in [4.69, 9.17) is 9.15 Å². The molecule has 3 rings (SSSR count). The summed E-state index contributed by atoms with van der Waals surface area (Å²) in [7, 11) is 0. The van der Waals surface area contributed by atoms with Gasteiger partial charge >= 0.3 is 0 Å². The molecule has 5 nitrogen and oxygen atoms in total. The van der Waals surface area contributed by atoms with E-state index < -0.39 is 0 Å². The van der Waals surface area contributed by atoms with Crippen molar-refractivity contribution < 1.29 is 9.15 Å². The Bertz CT molecular complexity index is 504. The second kappa shape index (κ2) is 5.40. The fourth-order valence-corrected chi connectivity index (χ4v) is 2.30. The predicted octanol–water partition coefficient (Wildman–Crippen LogP) is 2.72. The zero-order valence-electron chi connectivity index (χ0n) is 10.9. The molecule has 0 amide bonds. The van der Waals surface area contributed by atoms with Gasteiger partial charge < -0.3 is 14.5 Å². The van der Waals surface area contributed by atoms with Crippen LogP contribution >= 0.6 is 0 Å². The largest absolute Gasteiger partial charge is 0.423 e. The maximum Gasteiger partial charge on any atom is 0.247 e. The van der Waals surface area contributed by atoms with Crippen molar-refractivity contribution in [3.05, 3.63) is 30.7 Å². The monoisotopic (exact) mass is 259 g/mol. The molecule has 1 fully saturated rings. The number of rotatable bonds is 5. The molecule has 0 aliphatic heterocycles. The maximum absolute atomic E-state index is 5.55. The van der Waals surface area contributed by atoms with Crippen molar-refractivity contribution in [3.63, 3.8) is 0 Å². The Morgan fingerprint density at radius 2 is 2.11 bits per heavy atom. The molecule has 100 valence electrons. The molecule has 1 N–H and O–H groups in total. The van der Waals surface area contributed by atoms with Crippen molar-refractivity contribution in [2.24, 2.45) is 0 Å². The number of nitrogens with one attached hydrogen (secondary N) is 1. The predicted molar refractivity (Wildman–Crippen MR) is 71.8 cm³/mol. The van der Waals surface area contributed by atoms with Gasteiger partial charge in [0.1, 0.15) is 0 Å². The zero-order valence-corrected chi connectivity index (χ0v) is 10.9. The molecular weight excluding hydrogens is 242 g/mol. The van der Waals surface area contributed by atoms with Crippen molar-refractivity contribution in [2.45, 2.75) is 31.9 Å². The zero-order chi connectivity index (χ0) is 13.1. The fraction of sp³-hybridized carbons (Fsp3) is 0.429. The highest BCUT2D eigenvalue weighted by Crippen LogP contribution is 2.27. The third kappa shape index (κ3) is 2.76. The third-order valence-corrected chi connectivity index (χ3v) is 3.36. The lowest BCUT2D eigenvalue weighted by atomic mass is 9.89. The number of ether oxygens (including phenoxy) is 1. The van der Waals surface area contributed by atoms with E-state index in [0.717, 1.165) is 30.7 Å². The van der Waals surface area contributed by atoms with E-state index in [0.29, 0.717) is 18.0 Å². The number of hydrogen-bond donors (Lipinski definition) is 1. The lowest BCUT2D eigenvalue weighted by Crippen LogP contribution is -2.40. The molecule has 1 aliphatic rings. The summed E-state index contributed by atoms with van der Waals surface area (Å²) >= 11 is 0. The molecule has 0 bridgehead atoms. The Labute approximate surface area is 112 Å². The Balaban J connectivity index is 1.56. The van der Waals surface area contributed by atoms with Gasteiger partial charge in [-0.25, -0.2) is 0 Å². The van der Waals surface area contributed by atoms with Crippen LogP contribution in [0.5, 0.6) is 0 Å². The first kappa shape index (κ1) is 12.2. The highest BCUT2D eigenvalue weighted by molar-refractivity contribution is 5.58. The van der Waals surface area contributed by atoms with Crippen LogP contribution in [0.3, 0.4) is 0 Å². The van der Waals surface area contributed by atoms with Gasteiger partial charge in [0.25, 0.3) is 0 Å². The molecule has 1 heterocycles. The first-order valence-corrected chi connectivity index (χ1v) is 6.60. The van der Waals surface area contributed by atoms with E-state index in [-0.39, 0.29) is 0 Å². The van der Waals surface area contributed by atoms with Crippen LogP contribution in [0.2, 0.25) is 0 Å². The molecule has 0 unspecified atom stereocenters. The number of benzene rings is 1. The van der Waals surface area contributed by atoms with Gasteiger partial charge in [0.05, 0.1) is 6.10 Å². The number of aromatic nitrogens is 2. The van der Waals surface area contributed by atoms with Crippen LogP contribution in [0.15, 0.2) is 35.1 Å². The molecule has 0 atom stereocenters. The van der Waals surface area contributed by atoms with Gasteiger partial charge in [0, 0.05) is 23.9 Å². The topological polar surface area (TPSA) is 60.2 Å². The first-order chi connectivity index (χ1) is 9.35. The molecule has 0 radical (unpaired) electrons. The van der Waals surface area contributed by atoms with Crippen LogP contribution in [0.1, 0.15) is 19.8 Å². The molecule has 2 aromatic rings. The van der Waals surface area contributed by atoms with E-state index in [2.05, 4.69) is 15.5 Å². The van der Waals surface area contributed by atoms with Gasteiger partial charge in [-0.3, -0.25) is 0 Å². The van der Waals surface area contributed by atoms with Gasteiger partial charge in [0.2, 0.25) is 12.3 Å². The lowest BCUT2D eigenvalue weighted by Gasteiger charge is -2.36. The third-order valence-electron chi connectivity index (χ3n) is 3.36. The Hall–Kier alpha value is -1.88. The summed E-state index contributed by atoms with van der Waals surface area (Å²) in [6.45, 7) is 2.84. The normalized spacial score (nSPS) is 21.9. The second-order valence-electron chi connectivity index (χ2n) is 4.71. The molecule has 19 heavy (non-hydrogen) atoms. The fourth-order valence-electron chi connectivity index (χ4n) is 2.30. The summed E-state index contributed by atoms with van der Waals surface area (Å²) in [6, 6.07) is 8.55. The van der Waals surface area contributed by atoms with Crippen LogP contribution in [0, 0.1) is 0 Å². The van der Waals surface area contributed by atoms with Gasteiger partial charge in [-0.1, -0.05) is 0 Å². The van der Waals surface area contributed by atoms with Crippen LogP contribution in [0.25, 0.3) is 11.5 Å². The van der Waals surface area contributed by atoms with E-state index >= 15 is 0 Å². The van der Waals surface area contributed by atoms with Crippen LogP contribution in [0.4, 0.5) is 5.69 Å². The minimum Gasteiger partial charge on any atom is -0.423 e. The molecule has 1 saturated carbocycles. The highest BCUT2D eigenvalue weighted by Gasteiger charge is 2.29. The van der Waals surface area contributed by atoms with Crippen LogP contribution in [-0.2, 0) is 4.74 Å². The summed E-state index contributed by atoms with van der Waals surface area (Å²) in [6.07, 6.45) is 3.93. The van der Waals surface area contributed by atoms with E-state index in [1.165, 1.54) is 6.39 Å². The summed E-state index contributed by atoms with van der Waals surface area (Å²) in [4.78, 5) is 0. The minimum absolute atomic E-state index is 0.431. The Kier molecular flexibility index (Phi) is 3.46. The average Bonchev–Trinajstić information content (AvgIpc) is 2.91. The van der Waals surface area contributed by atoms with Crippen molar-refractivity contribution in [1.82, 2.24) is 10.2 Å². The highest BCUT2D eigenvalue weighted by atomic mass is 16.5. The summed E-state index contributed by atoms with van der Waals surface area (Å²) < 4.78 is 10.7. The number of anilines is 1. The quantitative estimate of drug-likeness (QED) is 0.894. The SMILES string of the molecule is CCOC1CC(Nc2ccc(-c3nnco3)cc2)C1. The summed E-state index contributed by atoms with van der Waals surface area (Å²) in [5, 5.41) is 11.0. The summed E-state index contributed by atoms with van der Waals surface area (Å²) in [5.41, 5.74) is 2.05. The molecule has 1 aromatic heterocycles. The Morgan fingerprint density at radius 3 is 2.74 bits per heavy atom. The van der Waals surface area contributed by atoms with Crippen molar-refractivity contribution in [3.8, 4) is 11.5 Å². The molecular formula is C14H17N3O2. The number of hydrogen-bond acceptors (Lipinski definition) is 5. The van der Waals surface area contributed by atoms with Crippen LogP contribution < -0.4 is 5.32 Å². The van der Waals surface area contributed by atoms with Gasteiger partial charge in [-0.05, 0) is 44.0 Å². The van der Waals surface area contributed by atoms with Crippen molar-refractivity contribution in [1.29, 1.82) is 0 Å². The Morgan fingerprint density at radius 1 is 1.32 bits per heavy atom. The van der Waals surface area contributed by atoms with E-state index in [9.17, 15) is 0 Å². The standard InChI is InChI=1S/C14H17N3O2/c1-2-18-13-7-12(8-13)16-11-5-3-10(4-6-11)14-17-15-9-19-14/h3-6,9,12-13,16H,2,7-8H2,1H3. The van der Waals surface area contributed by atoms with Gasteiger partial charge in [-0.2, -0.15) is 0 Å². The second-order valence-corrected chi connectivity index (χ2v) is 4.71. The first-order valence-electron chi connectivity index (χ1n) is 6.60. The molecule has 1 aromatic carbocycles. The molecule has 1 aliphatic carbocycles. The average molecular weight is 259 g/mol. The number of nitrogens with zero attached hydrogens (tertiary/aromatic N) is 2. The van der Waals surface area contributed by atoms with Crippen LogP contribution in [-0.4, -0.2) is 29.0 Å². The molecule has 0 spiro atoms. The van der Waals surface area contributed by atoms with Crippen molar-refractivity contribution >= 4 is 5.69 Å². The minimum atomic E-state index is 0.431. The van der Waals surface area contributed by atoms with E-state index in [1.807, 2.05) is 31.2 Å². The smallest absolute Gasteiger partial charge is 0.247 e. The van der Waals surface area contributed by atoms with Crippen molar-refractivity contribution in [2.75, 3.05) is 11.9 Å². The molecule has 5 heteroatoms. The molecule has 0 saturated heterocycles. The van der Waals surface area contributed by atoms with Gasteiger partial charge in [0.15, 0.2) is 0 Å². The summed E-state index contributed by atoms with van der Waals surface area (Å²) in [5.74, 6) is 0.548. The van der Waals surface area contributed by atoms with E-state index in [1.54, 1.807) is 0 Å². The lowest BCUT2D eigenvalue weighted by molar-refractivity contribution is 0.00299. The van der Waals surface area contributed by atoms with Gasteiger partial charge in [-0.15, -0.1) is 10.2 Å².